The highest BCUT2D eigenvalue weighted by molar-refractivity contribution is 7.25. The molecule has 306 valence electrons. The van der Waals surface area contributed by atoms with Gasteiger partial charge in [-0.2, -0.15) is 0 Å². The van der Waals surface area contributed by atoms with Gasteiger partial charge in [-0.15, -0.1) is 11.3 Å². The topological polar surface area (TPSA) is 24.6 Å². The maximum absolute atomic E-state index is 6.34. The van der Waals surface area contributed by atoms with Crippen LogP contribution in [0.25, 0.3) is 80.7 Å². The summed E-state index contributed by atoms with van der Waals surface area (Å²) in [5.74, 6) is 0. The second-order valence-electron chi connectivity index (χ2n) is 16.6. The lowest BCUT2D eigenvalue weighted by molar-refractivity contribution is 0.669. The van der Waals surface area contributed by atoms with Crippen molar-refractivity contribution in [2.75, 3.05) is 9.80 Å². The van der Waals surface area contributed by atoms with Gasteiger partial charge in [0.05, 0.1) is 11.0 Å². The normalized spacial score (nSPS) is 11.7. The molecule has 0 saturated carbocycles. The van der Waals surface area contributed by atoms with Crippen molar-refractivity contribution in [2.24, 2.45) is 0 Å². The molecule has 4 nitrogen and oxygen atoms in total. The van der Waals surface area contributed by atoms with Crippen LogP contribution in [0.2, 0.25) is 0 Å². The van der Waals surface area contributed by atoms with E-state index in [9.17, 15) is 0 Å². The summed E-state index contributed by atoms with van der Waals surface area (Å²) < 4.78 is 11.3. The SMILES string of the molecule is c1ccc(N(c2cc(-c3ccc4oc5ccccc5c4c3)cc(N(c3ccccc3)c3ccc4c5ccccc5n(-c5ccccc5)c4c3)c2)c2ccc3sc4ccccc4c3c2)cc1. The number of anilines is 6. The molecule has 3 heterocycles. The van der Waals surface area contributed by atoms with Gasteiger partial charge in [0.25, 0.3) is 0 Å². The minimum absolute atomic E-state index is 0.876. The summed E-state index contributed by atoms with van der Waals surface area (Å²) in [6.07, 6.45) is 0. The van der Waals surface area contributed by atoms with Crippen LogP contribution < -0.4 is 9.80 Å². The van der Waals surface area contributed by atoms with Crippen LogP contribution in [0.4, 0.5) is 34.1 Å². The van der Waals surface area contributed by atoms with E-state index >= 15 is 0 Å². The highest BCUT2D eigenvalue weighted by Crippen LogP contribution is 2.46. The Balaban J connectivity index is 1.08. The van der Waals surface area contributed by atoms with Crippen molar-refractivity contribution >= 4 is 109 Å². The van der Waals surface area contributed by atoms with E-state index in [0.29, 0.717) is 0 Å². The van der Waals surface area contributed by atoms with Gasteiger partial charge < -0.3 is 18.8 Å². The summed E-state index contributed by atoms with van der Waals surface area (Å²) in [5, 5.41) is 7.17. The fraction of sp³-hybridized carbons (Fsp3) is 0. The van der Waals surface area contributed by atoms with Crippen LogP contribution in [-0.4, -0.2) is 4.57 Å². The summed E-state index contributed by atoms with van der Waals surface area (Å²) in [4.78, 5) is 4.81. The summed E-state index contributed by atoms with van der Waals surface area (Å²) in [7, 11) is 0. The van der Waals surface area contributed by atoms with Crippen molar-refractivity contribution in [3.05, 3.63) is 237 Å². The van der Waals surface area contributed by atoms with Crippen LogP contribution in [-0.2, 0) is 0 Å². The zero-order valence-corrected chi connectivity index (χ0v) is 36.0. The number of hydrogen-bond acceptors (Lipinski definition) is 4. The largest absolute Gasteiger partial charge is 0.456 e. The van der Waals surface area contributed by atoms with Crippen molar-refractivity contribution < 1.29 is 4.42 Å². The molecular formula is C60H39N3OS. The molecule has 5 heteroatoms. The lowest BCUT2D eigenvalue weighted by atomic mass is 9.99. The van der Waals surface area contributed by atoms with E-state index in [1.165, 1.54) is 36.5 Å². The Morgan fingerprint density at radius 2 is 0.877 bits per heavy atom. The van der Waals surface area contributed by atoms with Gasteiger partial charge >= 0.3 is 0 Å². The third-order valence-corrected chi connectivity index (χ3v) is 13.9. The molecule has 0 unspecified atom stereocenters. The van der Waals surface area contributed by atoms with E-state index in [4.69, 9.17) is 4.42 Å². The number of thiophene rings is 1. The van der Waals surface area contributed by atoms with E-state index in [2.05, 4.69) is 239 Å². The molecule has 0 amide bonds. The second kappa shape index (κ2) is 15.2. The van der Waals surface area contributed by atoms with E-state index in [-0.39, 0.29) is 0 Å². The Bertz CT molecular complexity index is 3910. The third-order valence-electron chi connectivity index (χ3n) is 12.7. The van der Waals surface area contributed by atoms with Crippen LogP contribution >= 0.6 is 11.3 Å². The van der Waals surface area contributed by atoms with Gasteiger partial charge in [0.15, 0.2) is 0 Å². The minimum Gasteiger partial charge on any atom is -0.456 e. The first kappa shape index (κ1) is 37.2. The summed E-state index contributed by atoms with van der Waals surface area (Å²) in [5.41, 5.74) is 13.8. The molecular weight excluding hydrogens is 811 g/mol. The van der Waals surface area contributed by atoms with Gasteiger partial charge in [0, 0.05) is 81.5 Å². The predicted molar refractivity (Wildman–Crippen MR) is 276 cm³/mol. The summed E-state index contributed by atoms with van der Waals surface area (Å²) in [6, 6.07) is 85.4. The van der Waals surface area contributed by atoms with Crippen LogP contribution in [0.3, 0.4) is 0 Å². The number of para-hydroxylation sites is 5. The molecule has 0 bridgehead atoms. The predicted octanol–water partition coefficient (Wildman–Crippen LogP) is 17.7. The molecule has 13 rings (SSSR count). The summed E-state index contributed by atoms with van der Waals surface area (Å²) >= 11 is 1.84. The molecule has 0 aliphatic rings. The number of benzene rings is 10. The molecule has 10 aromatic carbocycles. The zero-order chi connectivity index (χ0) is 42.8. The Morgan fingerprint density at radius 3 is 1.63 bits per heavy atom. The van der Waals surface area contributed by atoms with Crippen LogP contribution in [0.5, 0.6) is 0 Å². The van der Waals surface area contributed by atoms with Crippen LogP contribution in [0.15, 0.2) is 241 Å². The van der Waals surface area contributed by atoms with E-state index in [1.807, 2.05) is 23.5 Å². The maximum Gasteiger partial charge on any atom is 0.135 e. The number of furan rings is 1. The van der Waals surface area contributed by atoms with Gasteiger partial charge in [-0.1, -0.05) is 121 Å². The van der Waals surface area contributed by atoms with Crippen LogP contribution in [0.1, 0.15) is 0 Å². The van der Waals surface area contributed by atoms with Gasteiger partial charge in [0.2, 0.25) is 0 Å². The van der Waals surface area contributed by atoms with Crippen molar-refractivity contribution in [1.29, 1.82) is 0 Å². The number of fused-ring (bicyclic) bond motifs is 9. The Morgan fingerprint density at radius 1 is 0.308 bits per heavy atom. The molecule has 0 fully saturated rings. The van der Waals surface area contributed by atoms with Gasteiger partial charge in [-0.3, -0.25) is 0 Å². The smallest absolute Gasteiger partial charge is 0.135 e. The van der Waals surface area contributed by atoms with Crippen molar-refractivity contribution in [3.8, 4) is 16.8 Å². The molecule has 0 radical (unpaired) electrons. The zero-order valence-electron chi connectivity index (χ0n) is 35.2. The van der Waals surface area contributed by atoms with Gasteiger partial charge in [0.1, 0.15) is 11.2 Å². The lowest BCUT2D eigenvalue weighted by Gasteiger charge is -2.30. The van der Waals surface area contributed by atoms with Crippen molar-refractivity contribution in [3.63, 3.8) is 0 Å². The average Bonchev–Trinajstić information content (AvgIpc) is 4.04. The molecule has 65 heavy (non-hydrogen) atoms. The average molecular weight is 850 g/mol. The highest BCUT2D eigenvalue weighted by atomic mass is 32.1. The molecule has 3 aromatic heterocycles. The molecule has 0 saturated heterocycles. The standard InChI is InChI=1S/C60H39N3OS/c1-4-16-42(17-5-1)61(45-30-33-60-54(38-45)52-24-12-15-27-59(52)65-60)47-34-41(40-28-32-58-53(36-40)51-23-11-14-26-57(51)64-58)35-48(37-47)62(43-18-6-2-7-19-43)46-29-31-50-49-22-10-13-25-55(49)63(56(50)39-46)44-20-8-3-9-21-44/h1-39H. The third kappa shape index (κ3) is 6.28. The Hall–Kier alpha value is -8.38. The van der Waals surface area contributed by atoms with E-state index < -0.39 is 0 Å². The van der Waals surface area contributed by atoms with Crippen LogP contribution in [0, 0.1) is 0 Å². The van der Waals surface area contributed by atoms with Gasteiger partial charge in [-0.25, -0.2) is 0 Å². The number of aromatic nitrogens is 1. The fourth-order valence-electron chi connectivity index (χ4n) is 9.78. The van der Waals surface area contributed by atoms with Crippen molar-refractivity contribution in [1.82, 2.24) is 4.57 Å². The number of nitrogens with zero attached hydrogens (tertiary/aromatic N) is 3. The first-order valence-electron chi connectivity index (χ1n) is 22.0. The molecule has 13 aromatic rings. The molecule has 0 aliphatic heterocycles. The Kier molecular flexibility index (Phi) is 8.68. The molecule has 0 spiro atoms. The molecule has 0 N–H and O–H groups in total. The van der Waals surface area contributed by atoms with Crippen molar-refractivity contribution in [2.45, 2.75) is 0 Å². The lowest BCUT2D eigenvalue weighted by Crippen LogP contribution is -2.13. The quantitative estimate of drug-likeness (QED) is 0.152. The number of hydrogen-bond donors (Lipinski definition) is 0. The van der Waals surface area contributed by atoms with E-state index in [1.54, 1.807) is 0 Å². The highest BCUT2D eigenvalue weighted by Gasteiger charge is 2.22. The fourth-order valence-corrected chi connectivity index (χ4v) is 10.9. The number of rotatable bonds is 8. The summed E-state index contributed by atoms with van der Waals surface area (Å²) in [6.45, 7) is 0. The first-order valence-corrected chi connectivity index (χ1v) is 22.8. The van der Waals surface area contributed by atoms with E-state index in [0.717, 1.165) is 78.4 Å². The molecule has 0 aliphatic carbocycles. The van der Waals surface area contributed by atoms with Gasteiger partial charge in [-0.05, 0) is 126 Å². The Labute approximate surface area is 379 Å². The minimum atomic E-state index is 0.876. The maximum atomic E-state index is 6.34. The monoisotopic (exact) mass is 849 g/mol. The second-order valence-corrected chi connectivity index (χ2v) is 17.6. The molecule has 0 atom stereocenters. The first-order chi connectivity index (χ1) is 32.2.